The van der Waals surface area contributed by atoms with Crippen molar-refractivity contribution >= 4 is 46.4 Å². The zero-order chi connectivity index (χ0) is 45.7. The van der Waals surface area contributed by atoms with E-state index in [-0.39, 0.29) is 35.7 Å². The number of H-pyrrole nitrogens is 2. The van der Waals surface area contributed by atoms with Gasteiger partial charge in [0, 0.05) is 29.6 Å². The second kappa shape index (κ2) is 17.6. The SMILES string of the molecule is COC(=O)N[C@H](C(=O)N1CCC[C@H]1c1ncc(-c2cc(F)c3c(c2)OC(c2cnns2)n2c-3cc3cc(-c4cnc([C@@H]5CCCN5C(=O)[C@@H](NC(=O)OC)C(C)C)[nH]4)ccc32)[nH]1)C(C)C. The molecule has 4 amide bonds. The van der Waals surface area contributed by atoms with E-state index in [4.69, 9.17) is 19.2 Å². The van der Waals surface area contributed by atoms with Crippen LogP contribution in [0.5, 0.6) is 5.75 Å². The lowest BCUT2D eigenvalue weighted by Gasteiger charge is -2.30. The molecular formula is C45H50FN11O7S. The number of carbonyl (C=O) groups excluding carboxylic acids is 4. The molecule has 18 nitrogen and oxygen atoms in total. The van der Waals surface area contributed by atoms with Gasteiger partial charge in [0.25, 0.3) is 0 Å². The van der Waals surface area contributed by atoms with Gasteiger partial charge in [0.1, 0.15) is 40.2 Å². The van der Waals surface area contributed by atoms with Crippen LogP contribution in [0.15, 0.2) is 55.0 Å². The molecule has 0 bridgehead atoms. The molecule has 65 heavy (non-hydrogen) atoms. The van der Waals surface area contributed by atoms with E-state index in [9.17, 15) is 19.2 Å². The number of rotatable bonds is 11. The van der Waals surface area contributed by atoms with E-state index in [1.165, 1.54) is 31.8 Å². The predicted molar refractivity (Wildman–Crippen MR) is 237 cm³/mol. The van der Waals surface area contributed by atoms with Crippen LogP contribution in [0.2, 0.25) is 0 Å². The summed E-state index contributed by atoms with van der Waals surface area (Å²) in [6.45, 7) is 8.51. The van der Waals surface area contributed by atoms with Gasteiger partial charge in [-0.25, -0.2) is 23.9 Å². The van der Waals surface area contributed by atoms with Crippen LogP contribution in [-0.2, 0) is 19.1 Å². The number of fused-ring (bicyclic) bond motifs is 5. The molecule has 0 saturated carbocycles. The first-order chi connectivity index (χ1) is 31.3. The maximum Gasteiger partial charge on any atom is 0.407 e. The Hall–Kier alpha value is -6.83. The highest BCUT2D eigenvalue weighted by atomic mass is 32.1. The van der Waals surface area contributed by atoms with E-state index in [0.717, 1.165) is 39.9 Å². The maximum absolute atomic E-state index is 16.7. The molecule has 2 aromatic carbocycles. The van der Waals surface area contributed by atoms with Crippen LogP contribution in [0.4, 0.5) is 14.0 Å². The largest absolute Gasteiger partial charge is 0.464 e. The van der Waals surface area contributed by atoms with Gasteiger partial charge in [0.05, 0.1) is 73.1 Å². The highest BCUT2D eigenvalue weighted by Gasteiger charge is 2.40. The first-order valence-electron chi connectivity index (χ1n) is 21.7. The van der Waals surface area contributed by atoms with E-state index in [1.54, 1.807) is 34.5 Å². The average Bonchev–Trinajstić information content (AvgIpc) is 4.15. The van der Waals surface area contributed by atoms with Crippen molar-refractivity contribution in [2.24, 2.45) is 11.8 Å². The zero-order valence-electron chi connectivity index (χ0n) is 36.8. The van der Waals surface area contributed by atoms with Crippen molar-refractivity contribution in [3.63, 3.8) is 0 Å². The van der Waals surface area contributed by atoms with Gasteiger partial charge in [0.15, 0.2) is 0 Å². The van der Waals surface area contributed by atoms with Crippen LogP contribution in [0.25, 0.3) is 44.7 Å². The van der Waals surface area contributed by atoms with Crippen molar-refractivity contribution in [2.75, 3.05) is 27.3 Å². The number of hydrogen-bond acceptors (Lipinski definition) is 12. The number of nitrogens with zero attached hydrogens (tertiary/aromatic N) is 7. The molecule has 9 rings (SSSR count). The standard InChI is InChI=1S/C45H50FN11O7S/c1-22(2)37(52-44(60)62-5)41(58)55-13-7-9-31(55)39-47-19-28(50-39)24-11-12-30-26(15-24)17-33-36-27(46)16-25(18-34(36)64-43(57(30)33)35-21-49-54-65-35)29-20-48-40(51-29)32-10-8-14-56(32)42(59)38(23(3)4)53-45(61)63-6/h11-12,15-23,31-32,37-38,43H,7-10,13-14H2,1-6H3,(H,47,50)(H,48,51)(H,52,60)(H,53,61)/t31-,32-,37-,38-,43?/m0/s1. The quantitative estimate of drug-likeness (QED) is 0.103. The maximum atomic E-state index is 16.7. The fourth-order valence-corrected chi connectivity index (χ4v) is 9.79. The van der Waals surface area contributed by atoms with E-state index in [0.29, 0.717) is 65.8 Å². The Morgan fingerprint density at radius 3 is 1.92 bits per heavy atom. The molecule has 340 valence electrons. The smallest absolute Gasteiger partial charge is 0.407 e. The number of hydrogen-bond donors (Lipinski definition) is 4. The molecule has 3 aliphatic rings. The van der Waals surface area contributed by atoms with E-state index in [1.807, 2.05) is 56.5 Å². The Kier molecular flexibility index (Phi) is 11.8. The van der Waals surface area contributed by atoms with Gasteiger partial charge in [-0.3, -0.25) is 14.2 Å². The molecule has 1 unspecified atom stereocenters. The molecule has 0 aliphatic carbocycles. The molecule has 20 heteroatoms. The number of carbonyl (C=O) groups is 4. The van der Waals surface area contributed by atoms with Gasteiger partial charge >= 0.3 is 12.2 Å². The molecule has 0 radical (unpaired) electrons. The lowest BCUT2D eigenvalue weighted by Crippen LogP contribution is -2.51. The third kappa shape index (κ3) is 8.03. The minimum atomic E-state index is -0.777. The highest BCUT2D eigenvalue weighted by molar-refractivity contribution is 7.05. The number of amides is 4. The molecule has 2 fully saturated rings. The topological polar surface area (TPSA) is 215 Å². The van der Waals surface area contributed by atoms with Crippen molar-refractivity contribution in [1.29, 1.82) is 0 Å². The number of halogens is 1. The molecule has 2 saturated heterocycles. The van der Waals surface area contributed by atoms with Gasteiger partial charge in [-0.05, 0) is 79.4 Å². The molecule has 4 aromatic heterocycles. The molecular weight excluding hydrogens is 858 g/mol. The summed E-state index contributed by atoms with van der Waals surface area (Å²) in [7, 11) is 2.53. The van der Waals surface area contributed by atoms with Crippen molar-refractivity contribution in [2.45, 2.75) is 83.8 Å². The van der Waals surface area contributed by atoms with Crippen molar-refractivity contribution in [3.05, 3.63) is 77.3 Å². The molecule has 5 atom stereocenters. The molecule has 4 N–H and O–H groups in total. The third-order valence-electron chi connectivity index (χ3n) is 12.5. The van der Waals surface area contributed by atoms with Crippen LogP contribution in [-0.4, -0.2) is 107 Å². The summed E-state index contributed by atoms with van der Waals surface area (Å²) in [6, 6.07) is 8.93. The number of benzene rings is 2. The fraction of sp³-hybridized carbons (Fsp3) is 0.422. The summed E-state index contributed by atoms with van der Waals surface area (Å²) in [4.78, 5) is 72.1. The Morgan fingerprint density at radius 1 is 0.800 bits per heavy atom. The van der Waals surface area contributed by atoms with Crippen LogP contribution in [0.3, 0.4) is 0 Å². The van der Waals surface area contributed by atoms with Gasteiger partial charge in [-0.2, -0.15) is 0 Å². The minimum absolute atomic E-state index is 0.157. The summed E-state index contributed by atoms with van der Waals surface area (Å²) >= 11 is 1.19. The number of likely N-dealkylation sites (tertiary alicyclic amines) is 2. The summed E-state index contributed by atoms with van der Waals surface area (Å²) in [6.07, 6.45) is 5.90. The van der Waals surface area contributed by atoms with Gasteiger partial charge < -0.3 is 44.6 Å². The van der Waals surface area contributed by atoms with E-state index < -0.39 is 36.3 Å². The van der Waals surface area contributed by atoms with E-state index >= 15 is 4.39 Å². The Morgan fingerprint density at radius 2 is 1.38 bits per heavy atom. The summed E-state index contributed by atoms with van der Waals surface area (Å²) < 4.78 is 39.0. The second-order valence-corrected chi connectivity index (χ2v) is 18.1. The van der Waals surface area contributed by atoms with Crippen LogP contribution < -0.4 is 15.4 Å². The second-order valence-electron chi connectivity index (χ2n) is 17.3. The van der Waals surface area contributed by atoms with Crippen LogP contribution in [0.1, 0.15) is 88.2 Å². The molecule has 7 heterocycles. The average molecular weight is 908 g/mol. The van der Waals surface area contributed by atoms with E-state index in [2.05, 4.69) is 35.2 Å². The van der Waals surface area contributed by atoms with Gasteiger partial charge in [-0.15, -0.1) is 5.10 Å². The lowest BCUT2D eigenvalue weighted by molar-refractivity contribution is -0.136. The number of aromatic nitrogens is 7. The van der Waals surface area contributed by atoms with Gasteiger partial charge in [-0.1, -0.05) is 38.2 Å². The number of nitrogens with one attached hydrogen (secondary N) is 4. The molecule has 0 spiro atoms. The Balaban J connectivity index is 1.01. The van der Waals surface area contributed by atoms with Crippen molar-refractivity contribution in [1.82, 2.24) is 54.5 Å². The Labute approximate surface area is 377 Å². The van der Waals surface area contributed by atoms with Crippen LogP contribution >= 0.6 is 11.5 Å². The number of ether oxygens (including phenoxy) is 3. The normalized spacial score (nSPS) is 18.9. The number of methoxy groups -OCH3 is 2. The zero-order valence-corrected chi connectivity index (χ0v) is 37.6. The summed E-state index contributed by atoms with van der Waals surface area (Å²) in [5.74, 6) is 0.275. The third-order valence-corrected chi connectivity index (χ3v) is 13.2. The monoisotopic (exact) mass is 907 g/mol. The molecule has 6 aromatic rings. The molecule has 3 aliphatic heterocycles. The van der Waals surface area contributed by atoms with Crippen molar-refractivity contribution < 1.29 is 37.8 Å². The number of alkyl carbamates (subject to hydrolysis) is 2. The van der Waals surface area contributed by atoms with Crippen molar-refractivity contribution in [3.8, 4) is 39.5 Å². The minimum Gasteiger partial charge on any atom is -0.464 e. The Bertz CT molecular complexity index is 2770. The predicted octanol–water partition coefficient (Wildman–Crippen LogP) is 7.11. The van der Waals surface area contributed by atoms with Crippen LogP contribution in [0, 0.1) is 17.7 Å². The summed E-state index contributed by atoms with van der Waals surface area (Å²) in [5, 5.41) is 10.3. The van der Waals surface area contributed by atoms with Gasteiger partial charge in [0.2, 0.25) is 18.0 Å². The number of imidazole rings is 2. The fourth-order valence-electron chi connectivity index (χ4n) is 9.26. The number of aromatic amines is 2. The highest BCUT2D eigenvalue weighted by Crippen LogP contribution is 2.48. The first kappa shape index (κ1) is 43.4. The lowest BCUT2D eigenvalue weighted by atomic mass is 10.0. The summed E-state index contributed by atoms with van der Waals surface area (Å²) in [5.41, 5.74) is 4.35. The first-order valence-corrected chi connectivity index (χ1v) is 22.5.